The van der Waals surface area contributed by atoms with Crippen molar-refractivity contribution >= 4 is 11.5 Å². The molecule has 3 nitrogen and oxygen atoms in total. The van der Waals surface area contributed by atoms with Crippen molar-refractivity contribution in [2.24, 2.45) is 5.73 Å². The lowest BCUT2D eigenvalue weighted by atomic mass is 10.1. The maximum atomic E-state index is 13.8. The summed E-state index contributed by atoms with van der Waals surface area (Å²) in [6, 6.07) is 4.67. The maximum absolute atomic E-state index is 13.8. The second-order valence-corrected chi connectivity index (χ2v) is 4.21. The number of hydrogen-bond acceptors (Lipinski definition) is 2. The lowest BCUT2D eigenvalue weighted by molar-refractivity contribution is 0.617. The van der Waals surface area contributed by atoms with Crippen molar-refractivity contribution in [2.45, 2.75) is 26.2 Å². The molecule has 0 aromatic heterocycles. The molecule has 0 aliphatic rings. The average molecular weight is 237 g/mol. The van der Waals surface area contributed by atoms with Gasteiger partial charge in [-0.2, -0.15) is 0 Å². The van der Waals surface area contributed by atoms with Crippen LogP contribution in [0.4, 0.5) is 10.1 Å². The summed E-state index contributed by atoms with van der Waals surface area (Å²) in [5.41, 5.74) is 6.30. The Balaban J connectivity index is 2.74. The standard InChI is InChI=1S/C13H20FN3/c1-3-4-5-8-17(2)12-7-6-10(13(15)16)9-11(12)14/h6-7,9H,3-5,8H2,1-2H3,(H3,15,16). The van der Waals surface area contributed by atoms with E-state index in [1.165, 1.54) is 6.07 Å². The number of nitrogens with one attached hydrogen (secondary N) is 1. The van der Waals surface area contributed by atoms with Crippen LogP contribution in [-0.2, 0) is 0 Å². The molecule has 0 spiro atoms. The highest BCUT2D eigenvalue weighted by Crippen LogP contribution is 2.19. The molecule has 0 aliphatic carbocycles. The van der Waals surface area contributed by atoms with E-state index in [4.69, 9.17) is 11.1 Å². The first kappa shape index (κ1) is 13.5. The molecule has 0 bridgehead atoms. The van der Waals surface area contributed by atoms with Crippen LogP contribution >= 0.6 is 0 Å². The summed E-state index contributed by atoms with van der Waals surface area (Å²) in [5.74, 6) is -0.430. The minimum atomic E-state index is -0.323. The number of nitrogens with zero attached hydrogens (tertiary/aromatic N) is 1. The lowest BCUT2D eigenvalue weighted by Crippen LogP contribution is -2.20. The fourth-order valence-electron chi connectivity index (χ4n) is 1.70. The molecular formula is C13H20FN3. The van der Waals surface area contributed by atoms with Crippen LogP contribution in [0.25, 0.3) is 0 Å². The zero-order valence-electron chi connectivity index (χ0n) is 10.5. The number of rotatable bonds is 6. The molecule has 1 aromatic rings. The third-order valence-corrected chi connectivity index (χ3v) is 2.77. The molecular weight excluding hydrogens is 217 g/mol. The van der Waals surface area contributed by atoms with Gasteiger partial charge in [0.15, 0.2) is 0 Å². The van der Waals surface area contributed by atoms with Crippen molar-refractivity contribution in [1.29, 1.82) is 5.41 Å². The van der Waals surface area contributed by atoms with Gasteiger partial charge in [-0.15, -0.1) is 0 Å². The summed E-state index contributed by atoms with van der Waals surface area (Å²) in [5, 5.41) is 7.24. The van der Waals surface area contributed by atoms with Crippen LogP contribution in [0.3, 0.4) is 0 Å². The molecule has 0 unspecified atom stereocenters. The molecule has 1 aromatic carbocycles. The van der Waals surface area contributed by atoms with Crippen LogP contribution in [0, 0.1) is 11.2 Å². The predicted molar refractivity (Wildman–Crippen MR) is 70.2 cm³/mol. The van der Waals surface area contributed by atoms with Gasteiger partial charge in [0.1, 0.15) is 11.7 Å². The molecule has 0 saturated carbocycles. The molecule has 0 amide bonds. The third kappa shape index (κ3) is 3.73. The molecule has 0 aliphatic heterocycles. The first-order valence-corrected chi connectivity index (χ1v) is 5.91. The monoisotopic (exact) mass is 237 g/mol. The van der Waals surface area contributed by atoms with Gasteiger partial charge >= 0.3 is 0 Å². The van der Waals surface area contributed by atoms with E-state index < -0.39 is 0 Å². The van der Waals surface area contributed by atoms with Crippen LogP contribution in [0.15, 0.2) is 18.2 Å². The van der Waals surface area contributed by atoms with Gasteiger partial charge in [0.25, 0.3) is 0 Å². The van der Waals surface area contributed by atoms with Gasteiger partial charge in [-0.05, 0) is 24.6 Å². The Morgan fingerprint density at radius 1 is 1.41 bits per heavy atom. The van der Waals surface area contributed by atoms with Gasteiger partial charge < -0.3 is 10.6 Å². The normalized spacial score (nSPS) is 10.3. The molecule has 0 saturated heterocycles. The molecule has 0 atom stereocenters. The van der Waals surface area contributed by atoms with Gasteiger partial charge in [-0.3, -0.25) is 5.41 Å². The summed E-state index contributed by atoms with van der Waals surface area (Å²) in [6.45, 7) is 2.98. The Morgan fingerprint density at radius 2 is 2.12 bits per heavy atom. The van der Waals surface area contributed by atoms with Crippen molar-refractivity contribution in [3.05, 3.63) is 29.6 Å². The topological polar surface area (TPSA) is 53.1 Å². The molecule has 1 rings (SSSR count). The number of nitrogen functional groups attached to an aromatic ring is 1. The molecule has 0 radical (unpaired) electrons. The second kappa shape index (κ2) is 6.23. The van der Waals surface area contributed by atoms with Crippen LogP contribution in [-0.4, -0.2) is 19.4 Å². The van der Waals surface area contributed by atoms with Crippen LogP contribution in [0.5, 0.6) is 0 Å². The van der Waals surface area contributed by atoms with Gasteiger partial charge in [0, 0.05) is 19.2 Å². The van der Waals surface area contributed by atoms with Crippen molar-refractivity contribution in [3.8, 4) is 0 Å². The Labute approximate surface area is 102 Å². The summed E-state index contributed by atoms with van der Waals surface area (Å²) >= 11 is 0. The zero-order chi connectivity index (χ0) is 12.8. The van der Waals surface area contributed by atoms with Crippen molar-refractivity contribution in [2.75, 3.05) is 18.5 Å². The summed E-state index contributed by atoms with van der Waals surface area (Å²) in [6.07, 6.45) is 3.36. The third-order valence-electron chi connectivity index (χ3n) is 2.77. The van der Waals surface area contributed by atoms with Gasteiger partial charge in [0.05, 0.1) is 5.69 Å². The smallest absolute Gasteiger partial charge is 0.147 e. The SMILES string of the molecule is CCCCCN(C)c1ccc(C(=N)N)cc1F. The van der Waals surface area contributed by atoms with E-state index in [0.29, 0.717) is 11.3 Å². The largest absolute Gasteiger partial charge is 0.384 e. The Morgan fingerprint density at radius 3 is 2.65 bits per heavy atom. The minimum Gasteiger partial charge on any atom is -0.384 e. The maximum Gasteiger partial charge on any atom is 0.147 e. The van der Waals surface area contributed by atoms with Crippen molar-refractivity contribution < 1.29 is 4.39 Å². The lowest BCUT2D eigenvalue weighted by Gasteiger charge is -2.20. The fourth-order valence-corrected chi connectivity index (χ4v) is 1.70. The molecule has 17 heavy (non-hydrogen) atoms. The fraction of sp³-hybridized carbons (Fsp3) is 0.462. The molecule has 3 N–H and O–H groups in total. The van der Waals surface area contributed by atoms with Crippen LogP contribution in [0.2, 0.25) is 0 Å². The zero-order valence-corrected chi connectivity index (χ0v) is 10.5. The predicted octanol–water partition coefficient (Wildman–Crippen LogP) is 2.74. The van der Waals surface area contributed by atoms with E-state index in [1.807, 2.05) is 11.9 Å². The van der Waals surface area contributed by atoms with Gasteiger partial charge in [0.2, 0.25) is 0 Å². The molecule has 4 heteroatoms. The Bertz CT molecular complexity index is 390. The summed E-state index contributed by atoms with van der Waals surface area (Å²) in [7, 11) is 1.88. The number of benzene rings is 1. The van der Waals surface area contributed by atoms with E-state index in [2.05, 4.69) is 6.92 Å². The van der Waals surface area contributed by atoms with E-state index in [-0.39, 0.29) is 11.7 Å². The van der Waals surface area contributed by atoms with Crippen molar-refractivity contribution in [3.63, 3.8) is 0 Å². The van der Waals surface area contributed by atoms with E-state index in [9.17, 15) is 4.39 Å². The quantitative estimate of drug-likeness (QED) is 0.454. The molecule has 0 fully saturated rings. The highest BCUT2D eigenvalue weighted by Gasteiger charge is 2.08. The number of amidine groups is 1. The highest BCUT2D eigenvalue weighted by atomic mass is 19.1. The van der Waals surface area contributed by atoms with Crippen LogP contribution in [0.1, 0.15) is 31.7 Å². The second-order valence-electron chi connectivity index (χ2n) is 4.21. The Kier molecular flexibility index (Phi) is 4.94. The van der Waals surface area contributed by atoms with E-state index in [1.54, 1.807) is 12.1 Å². The average Bonchev–Trinajstić information content (AvgIpc) is 2.28. The number of hydrogen-bond donors (Lipinski definition) is 2. The van der Waals surface area contributed by atoms with Gasteiger partial charge in [-0.25, -0.2) is 4.39 Å². The number of halogens is 1. The highest BCUT2D eigenvalue weighted by molar-refractivity contribution is 5.95. The molecule has 94 valence electrons. The summed E-state index contributed by atoms with van der Waals surface area (Å²) < 4.78 is 13.8. The number of nitrogens with two attached hydrogens (primary N) is 1. The van der Waals surface area contributed by atoms with E-state index >= 15 is 0 Å². The van der Waals surface area contributed by atoms with Crippen molar-refractivity contribution in [1.82, 2.24) is 0 Å². The number of unbranched alkanes of at least 4 members (excludes halogenated alkanes) is 2. The first-order valence-electron chi connectivity index (χ1n) is 5.91. The van der Waals surface area contributed by atoms with E-state index in [0.717, 1.165) is 25.8 Å². The van der Waals surface area contributed by atoms with Crippen LogP contribution < -0.4 is 10.6 Å². The summed E-state index contributed by atoms with van der Waals surface area (Å²) in [4.78, 5) is 1.90. The molecule has 0 heterocycles. The number of anilines is 1. The van der Waals surface area contributed by atoms with Gasteiger partial charge in [-0.1, -0.05) is 19.8 Å². The first-order chi connectivity index (χ1) is 8.06. The Hall–Kier alpha value is -1.58. The minimum absolute atomic E-state index is 0.107.